The number of guanidine groups is 1. The lowest BCUT2D eigenvalue weighted by molar-refractivity contribution is 0.186. The van der Waals surface area contributed by atoms with E-state index in [0.717, 1.165) is 16.9 Å². The maximum absolute atomic E-state index is 13.9. The fourth-order valence-electron chi connectivity index (χ4n) is 2.73. The normalized spacial score (nSPS) is 12.4. The SMILES string of the molecule is CCNC(=NCC(O)c1ccc(OC)cc1)N(C)Cc1ccc(OC)c(F)c1. The Morgan fingerprint density at radius 2 is 1.89 bits per heavy atom. The molecule has 7 heteroatoms. The van der Waals surface area contributed by atoms with Crippen molar-refractivity contribution in [2.75, 3.05) is 34.4 Å². The minimum atomic E-state index is -0.730. The molecule has 0 aliphatic rings. The summed E-state index contributed by atoms with van der Waals surface area (Å²) < 4.78 is 24.0. The van der Waals surface area contributed by atoms with Gasteiger partial charge in [-0.1, -0.05) is 18.2 Å². The van der Waals surface area contributed by atoms with E-state index in [9.17, 15) is 9.50 Å². The van der Waals surface area contributed by atoms with Gasteiger partial charge in [0.1, 0.15) is 5.75 Å². The van der Waals surface area contributed by atoms with Crippen LogP contribution in [0.15, 0.2) is 47.5 Å². The molecule has 0 heterocycles. The fourth-order valence-corrected chi connectivity index (χ4v) is 2.73. The molecule has 28 heavy (non-hydrogen) atoms. The maximum atomic E-state index is 13.9. The second-order valence-electron chi connectivity index (χ2n) is 6.31. The minimum absolute atomic E-state index is 0.204. The van der Waals surface area contributed by atoms with Gasteiger partial charge in [-0.3, -0.25) is 4.99 Å². The number of halogens is 1. The van der Waals surface area contributed by atoms with Crippen molar-refractivity contribution in [2.24, 2.45) is 4.99 Å². The molecule has 6 nitrogen and oxygen atoms in total. The Kier molecular flexibility index (Phi) is 8.07. The van der Waals surface area contributed by atoms with Crippen LogP contribution >= 0.6 is 0 Å². The topological polar surface area (TPSA) is 66.3 Å². The van der Waals surface area contributed by atoms with Crippen LogP contribution in [0.1, 0.15) is 24.2 Å². The summed E-state index contributed by atoms with van der Waals surface area (Å²) >= 11 is 0. The first kappa shape index (κ1) is 21.5. The van der Waals surface area contributed by atoms with Crippen LogP contribution in [-0.2, 0) is 6.54 Å². The predicted octanol–water partition coefficient (Wildman–Crippen LogP) is 2.97. The highest BCUT2D eigenvalue weighted by atomic mass is 19.1. The van der Waals surface area contributed by atoms with E-state index in [-0.39, 0.29) is 12.3 Å². The Labute approximate surface area is 165 Å². The van der Waals surface area contributed by atoms with Gasteiger partial charge in [0.05, 0.1) is 26.9 Å². The van der Waals surface area contributed by atoms with Gasteiger partial charge in [0.15, 0.2) is 17.5 Å². The molecule has 0 spiro atoms. The standard InChI is InChI=1S/C21H28FN3O3/c1-5-23-21(24-13-19(26)16-7-9-17(27-3)10-8-16)25(2)14-15-6-11-20(28-4)18(22)12-15/h6-12,19,26H,5,13-14H2,1-4H3,(H,23,24). The zero-order valence-electron chi connectivity index (χ0n) is 16.8. The van der Waals surface area contributed by atoms with Gasteiger partial charge in [0.2, 0.25) is 0 Å². The van der Waals surface area contributed by atoms with E-state index in [2.05, 4.69) is 10.3 Å². The van der Waals surface area contributed by atoms with Crippen molar-refractivity contribution in [2.45, 2.75) is 19.6 Å². The molecular weight excluding hydrogens is 361 g/mol. The molecule has 0 aliphatic heterocycles. The molecule has 0 amide bonds. The molecule has 0 saturated carbocycles. The molecule has 0 radical (unpaired) electrons. The number of benzene rings is 2. The molecule has 0 bridgehead atoms. The third-order valence-electron chi connectivity index (χ3n) is 4.25. The molecule has 2 aromatic carbocycles. The molecule has 1 atom stereocenters. The Bertz CT molecular complexity index is 781. The van der Waals surface area contributed by atoms with Crippen LogP contribution in [0.3, 0.4) is 0 Å². The zero-order valence-corrected chi connectivity index (χ0v) is 16.8. The molecule has 152 valence electrons. The quantitative estimate of drug-likeness (QED) is 0.537. The lowest BCUT2D eigenvalue weighted by atomic mass is 10.1. The summed E-state index contributed by atoms with van der Waals surface area (Å²) in [5, 5.41) is 13.6. The van der Waals surface area contributed by atoms with Crippen molar-refractivity contribution in [1.82, 2.24) is 10.2 Å². The highest BCUT2D eigenvalue weighted by Gasteiger charge is 2.12. The van der Waals surface area contributed by atoms with Crippen molar-refractivity contribution in [3.63, 3.8) is 0 Å². The van der Waals surface area contributed by atoms with Gasteiger partial charge in [-0.2, -0.15) is 0 Å². The number of aliphatic hydroxyl groups excluding tert-OH is 1. The van der Waals surface area contributed by atoms with E-state index in [1.807, 2.05) is 37.1 Å². The third-order valence-corrected chi connectivity index (χ3v) is 4.25. The molecule has 1 unspecified atom stereocenters. The van der Waals surface area contributed by atoms with Gasteiger partial charge >= 0.3 is 0 Å². The van der Waals surface area contributed by atoms with Crippen LogP contribution in [0.5, 0.6) is 11.5 Å². The van der Waals surface area contributed by atoms with Crippen molar-refractivity contribution >= 4 is 5.96 Å². The molecule has 2 aromatic rings. The summed E-state index contributed by atoms with van der Waals surface area (Å²) in [5.74, 6) is 1.19. The van der Waals surface area contributed by atoms with Gasteiger partial charge in [-0.05, 0) is 42.3 Å². The van der Waals surface area contributed by atoms with Gasteiger partial charge in [-0.15, -0.1) is 0 Å². The molecule has 0 aliphatic carbocycles. The number of aliphatic hydroxyl groups is 1. The number of methoxy groups -OCH3 is 2. The predicted molar refractivity (Wildman–Crippen MR) is 108 cm³/mol. The molecule has 0 aromatic heterocycles. The molecular formula is C21H28FN3O3. The summed E-state index contributed by atoms with van der Waals surface area (Å²) in [6.45, 7) is 3.32. The Morgan fingerprint density at radius 1 is 1.18 bits per heavy atom. The summed E-state index contributed by atoms with van der Waals surface area (Å²) in [7, 11) is 4.90. The van der Waals surface area contributed by atoms with E-state index in [0.29, 0.717) is 19.0 Å². The van der Waals surface area contributed by atoms with Gasteiger partial charge < -0.3 is 24.8 Å². The molecule has 2 N–H and O–H groups in total. The van der Waals surface area contributed by atoms with Crippen LogP contribution in [0, 0.1) is 5.82 Å². The van der Waals surface area contributed by atoms with E-state index < -0.39 is 11.9 Å². The minimum Gasteiger partial charge on any atom is -0.497 e. The Balaban J connectivity index is 2.06. The Morgan fingerprint density at radius 3 is 2.46 bits per heavy atom. The van der Waals surface area contributed by atoms with Crippen molar-refractivity contribution in [3.05, 3.63) is 59.4 Å². The van der Waals surface area contributed by atoms with E-state index in [4.69, 9.17) is 9.47 Å². The number of rotatable bonds is 8. The lowest BCUT2D eigenvalue weighted by Crippen LogP contribution is -2.38. The largest absolute Gasteiger partial charge is 0.497 e. The monoisotopic (exact) mass is 389 g/mol. The van der Waals surface area contributed by atoms with Crippen molar-refractivity contribution in [1.29, 1.82) is 0 Å². The first-order valence-corrected chi connectivity index (χ1v) is 9.12. The molecule has 0 fully saturated rings. The van der Waals surface area contributed by atoms with Gasteiger partial charge in [0, 0.05) is 20.1 Å². The second-order valence-corrected chi connectivity index (χ2v) is 6.31. The van der Waals surface area contributed by atoms with Crippen LogP contribution in [0.4, 0.5) is 4.39 Å². The summed E-state index contributed by atoms with van der Waals surface area (Å²) in [6, 6.07) is 12.1. The lowest BCUT2D eigenvalue weighted by Gasteiger charge is -2.23. The summed E-state index contributed by atoms with van der Waals surface area (Å²) in [6.07, 6.45) is -0.730. The zero-order chi connectivity index (χ0) is 20.5. The molecule has 0 saturated heterocycles. The Hall–Kier alpha value is -2.80. The maximum Gasteiger partial charge on any atom is 0.194 e. The van der Waals surface area contributed by atoms with Crippen LogP contribution in [0.25, 0.3) is 0 Å². The number of hydrogen-bond donors (Lipinski definition) is 2. The first-order valence-electron chi connectivity index (χ1n) is 9.12. The third kappa shape index (κ3) is 5.85. The number of nitrogens with one attached hydrogen (secondary N) is 1. The van der Waals surface area contributed by atoms with Crippen LogP contribution in [0.2, 0.25) is 0 Å². The van der Waals surface area contributed by atoms with Crippen LogP contribution in [-0.4, -0.2) is 50.3 Å². The van der Waals surface area contributed by atoms with E-state index in [1.165, 1.54) is 13.2 Å². The summed E-state index contributed by atoms with van der Waals surface area (Å²) in [4.78, 5) is 6.40. The smallest absolute Gasteiger partial charge is 0.194 e. The highest BCUT2D eigenvalue weighted by molar-refractivity contribution is 5.79. The van der Waals surface area contributed by atoms with Crippen LogP contribution < -0.4 is 14.8 Å². The number of hydrogen-bond acceptors (Lipinski definition) is 4. The molecule has 2 rings (SSSR count). The van der Waals surface area contributed by atoms with Crippen molar-refractivity contribution in [3.8, 4) is 11.5 Å². The number of ether oxygens (including phenoxy) is 2. The van der Waals surface area contributed by atoms with E-state index >= 15 is 0 Å². The van der Waals surface area contributed by atoms with Gasteiger partial charge in [-0.25, -0.2) is 4.39 Å². The number of nitrogens with zero attached hydrogens (tertiary/aromatic N) is 2. The fraction of sp³-hybridized carbons (Fsp3) is 0.381. The van der Waals surface area contributed by atoms with E-state index in [1.54, 1.807) is 25.3 Å². The summed E-state index contributed by atoms with van der Waals surface area (Å²) in [5.41, 5.74) is 1.56. The second kappa shape index (κ2) is 10.5. The average molecular weight is 389 g/mol. The number of aliphatic imine (C=N–C) groups is 1. The first-order chi connectivity index (χ1) is 13.5. The van der Waals surface area contributed by atoms with Crippen molar-refractivity contribution < 1.29 is 19.0 Å². The van der Waals surface area contributed by atoms with Gasteiger partial charge in [0.25, 0.3) is 0 Å². The highest BCUT2D eigenvalue weighted by Crippen LogP contribution is 2.19. The average Bonchev–Trinajstić information content (AvgIpc) is 2.71.